The number of hydrogen-bond donors (Lipinski definition) is 4. The van der Waals surface area contributed by atoms with Crippen molar-refractivity contribution in [3.8, 4) is 0 Å². The van der Waals surface area contributed by atoms with Gasteiger partial charge in [-0.2, -0.15) is 9.61 Å². The summed E-state index contributed by atoms with van der Waals surface area (Å²) in [6, 6.07) is 0. The molecule has 1 fully saturated rings. The second-order valence-electron chi connectivity index (χ2n) is 6.92. The Balaban J connectivity index is 1.89. The van der Waals surface area contributed by atoms with Gasteiger partial charge in [0.25, 0.3) is 0 Å². The summed E-state index contributed by atoms with van der Waals surface area (Å²) in [6.45, 7) is 4.76. The molecule has 1 amide bonds. The summed E-state index contributed by atoms with van der Waals surface area (Å²) in [4.78, 5) is 20.0. The molecule has 4 N–H and O–H groups in total. The Morgan fingerprint density at radius 2 is 2.08 bits per heavy atom. The summed E-state index contributed by atoms with van der Waals surface area (Å²) < 4.78 is 11.9. The number of hydrogen-bond acceptors (Lipinski definition) is 9. The molecule has 4 unspecified atom stereocenters. The smallest absolute Gasteiger partial charge is 0.414 e. The van der Waals surface area contributed by atoms with E-state index in [1.165, 1.54) is 17.0 Å². The van der Waals surface area contributed by atoms with Gasteiger partial charge in [-0.1, -0.05) is 0 Å². The Hall–Kier alpha value is -2.34. The van der Waals surface area contributed by atoms with E-state index in [-0.39, 0.29) is 11.6 Å². The SMILES string of the molecule is CC(C)(C)OC(=O)Nc1ncnc2c(C3OC(CO)C(O)C3O)cnn12. The zero-order valence-corrected chi connectivity index (χ0v) is 14.5. The summed E-state index contributed by atoms with van der Waals surface area (Å²) in [5.74, 6) is 0.0715. The lowest BCUT2D eigenvalue weighted by atomic mass is 10.0. The van der Waals surface area contributed by atoms with Crippen LogP contribution >= 0.6 is 0 Å². The molecule has 0 bridgehead atoms. The summed E-state index contributed by atoms with van der Waals surface area (Å²) >= 11 is 0. The van der Waals surface area contributed by atoms with Crippen LogP contribution in [0.4, 0.5) is 10.7 Å². The van der Waals surface area contributed by atoms with Gasteiger partial charge in [-0.05, 0) is 20.8 Å². The van der Waals surface area contributed by atoms with Crippen molar-refractivity contribution >= 4 is 17.7 Å². The highest BCUT2D eigenvalue weighted by molar-refractivity contribution is 5.83. The van der Waals surface area contributed by atoms with Gasteiger partial charge in [0, 0.05) is 5.56 Å². The standard InChI is InChI=1S/C15H21N5O6/c1-15(2,3)26-14(24)19-13-17-6-16-12-7(4-18-20(12)13)11-10(23)9(22)8(5-21)25-11/h4,6,8-11,21-23H,5H2,1-3H3,(H,16,17,19,24). The van der Waals surface area contributed by atoms with Crippen molar-refractivity contribution in [2.75, 3.05) is 11.9 Å². The molecule has 11 nitrogen and oxygen atoms in total. The molecular formula is C15H21N5O6. The number of amides is 1. The van der Waals surface area contributed by atoms with E-state index < -0.39 is 42.7 Å². The monoisotopic (exact) mass is 367 g/mol. The lowest BCUT2D eigenvalue weighted by molar-refractivity contribution is -0.0224. The molecule has 3 heterocycles. The van der Waals surface area contributed by atoms with Crippen LogP contribution in [0.2, 0.25) is 0 Å². The number of carbonyl (C=O) groups is 1. The Morgan fingerprint density at radius 3 is 2.69 bits per heavy atom. The highest BCUT2D eigenvalue weighted by Crippen LogP contribution is 2.35. The predicted molar refractivity (Wildman–Crippen MR) is 87.4 cm³/mol. The fourth-order valence-electron chi connectivity index (χ4n) is 2.67. The minimum Gasteiger partial charge on any atom is -0.444 e. The number of fused-ring (bicyclic) bond motifs is 1. The minimum absolute atomic E-state index is 0.0715. The van der Waals surface area contributed by atoms with E-state index in [0.29, 0.717) is 5.56 Å². The Bertz CT molecular complexity index is 803. The Labute approximate surface area is 148 Å². The Morgan fingerprint density at radius 1 is 1.35 bits per heavy atom. The first-order valence-corrected chi connectivity index (χ1v) is 8.02. The van der Waals surface area contributed by atoms with Crippen molar-refractivity contribution in [2.24, 2.45) is 0 Å². The number of aliphatic hydroxyl groups is 3. The number of anilines is 1. The summed E-state index contributed by atoms with van der Waals surface area (Å²) in [7, 11) is 0. The van der Waals surface area contributed by atoms with E-state index in [2.05, 4.69) is 20.4 Å². The lowest BCUT2D eigenvalue weighted by Crippen LogP contribution is -2.32. The van der Waals surface area contributed by atoms with Crippen molar-refractivity contribution in [1.29, 1.82) is 0 Å². The van der Waals surface area contributed by atoms with Crippen LogP contribution < -0.4 is 5.32 Å². The Kier molecular flexibility index (Phi) is 4.80. The van der Waals surface area contributed by atoms with Gasteiger partial charge in [-0.15, -0.1) is 0 Å². The van der Waals surface area contributed by atoms with Crippen molar-refractivity contribution in [2.45, 2.75) is 50.8 Å². The van der Waals surface area contributed by atoms with Crippen molar-refractivity contribution in [1.82, 2.24) is 19.6 Å². The maximum Gasteiger partial charge on any atom is 0.414 e. The first kappa shape index (κ1) is 18.5. The number of carbonyl (C=O) groups excluding carboxylic acids is 1. The minimum atomic E-state index is -1.25. The highest BCUT2D eigenvalue weighted by Gasteiger charge is 2.44. The third-order valence-corrected chi connectivity index (χ3v) is 3.79. The van der Waals surface area contributed by atoms with E-state index in [1.54, 1.807) is 20.8 Å². The molecule has 1 saturated heterocycles. The molecule has 1 aliphatic rings. The average molecular weight is 367 g/mol. The molecule has 26 heavy (non-hydrogen) atoms. The van der Waals surface area contributed by atoms with Crippen molar-refractivity contribution in [3.05, 3.63) is 18.1 Å². The molecule has 1 aliphatic heterocycles. The molecule has 0 spiro atoms. The fraction of sp³-hybridized carbons (Fsp3) is 0.600. The number of nitrogens with zero attached hydrogens (tertiary/aromatic N) is 4. The zero-order chi connectivity index (χ0) is 19.1. The van der Waals surface area contributed by atoms with Crippen LogP contribution in [0, 0.1) is 0 Å². The second-order valence-corrected chi connectivity index (χ2v) is 6.92. The third kappa shape index (κ3) is 3.46. The number of ether oxygens (including phenoxy) is 2. The molecular weight excluding hydrogens is 346 g/mol. The molecule has 0 aliphatic carbocycles. The van der Waals surface area contributed by atoms with Gasteiger partial charge in [0.15, 0.2) is 5.65 Å². The van der Waals surface area contributed by atoms with Gasteiger partial charge < -0.3 is 24.8 Å². The number of aromatic nitrogens is 4. The summed E-state index contributed by atoms with van der Waals surface area (Å²) in [6.07, 6.45) is -2.42. The van der Waals surface area contributed by atoms with Gasteiger partial charge in [0.1, 0.15) is 36.3 Å². The van der Waals surface area contributed by atoms with Crippen LogP contribution in [0.5, 0.6) is 0 Å². The highest BCUT2D eigenvalue weighted by atomic mass is 16.6. The largest absolute Gasteiger partial charge is 0.444 e. The van der Waals surface area contributed by atoms with Crippen molar-refractivity contribution < 1.29 is 29.6 Å². The van der Waals surface area contributed by atoms with Gasteiger partial charge >= 0.3 is 6.09 Å². The maximum atomic E-state index is 12.0. The molecule has 2 aromatic rings. The van der Waals surface area contributed by atoms with E-state index in [0.717, 1.165) is 0 Å². The van der Waals surface area contributed by atoms with Gasteiger partial charge in [0.05, 0.1) is 12.8 Å². The number of rotatable bonds is 3. The van der Waals surface area contributed by atoms with Crippen LogP contribution in [0.15, 0.2) is 12.5 Å². The fourth-order valence-corrected chi connectivity index (χ4v) is 2.67. The molecule has 2 aromatic heterocycles. The van der Waals surface area contributed by atoms with Crippen LogP contribution in [0.3, 0.4) is 0 Å². The number of aliphatic hydroxyl groups excluding tert-OH is 3. The quantitative estimate of drug-likeness (QED) is 0.569. The van der Waals surface area contributed by atoms with Gasteiger partial charge in [-0.25, -0.2) is 14.8 Å². The molecule has 0 aromatic carbocycles. The van der Waals surface area contributed by atoms with Crippen molar-refractivity contribution in [3.63, 3.8) is 0 Å². The zero-order valence-electron chi connectivity index (χ0n) is 14.5. The molecule has 11 heteroatoms. The molecule has 142 valence electrons. The van der Waals surface area contributed by atoms with Gasteiger partial charge in [0.2, 0.25) is 5.95 Å². The average Bonchev–Trinajstić information content (AvgIpc) is 3.09. The first-order valence-electron chi connectivity index (χ1n) is 8.02. The van der Waals surface area contributed by atoms with E-state index >= 15 is 0 Å². The van der Waals surface area contributed by atoms with E-state index in [9.17, 15) is 20.1 Å². The molecule has 3 rings (SSSR count). The first-order chi connectivity index (χ1) is 12.2. The van der Waals surface area contributed by atoms with Gasteiger partial charge in [-0.3, -0.25) is 5.32 Å². The van der Waals surface area contributed by atoms with E-state index in [4.69, 9.17) is 9.47 Å². The molecule has 4 atom stereocenters. The second kappa shape index (κ2) is 6.76. The van der Waals surface area contributed by atoms with Crippen LogP contribution in [-0.2, 0) is 9.47 Å². The summed E-state index contributed by atoms with van der Waals surface area (Å²) in [5, 5.41) is 35.9. The molecule has 0 radical (unpaired) electrons. The predicted octanol–water partition coefficient (Wildman–Crippen LogP) is -0.375. The maximum absolute atomic E-state index is 12.0. The third-order valence-electron chi connectivity index (χ3n) is 3.79. The van der Waals surface area contributed by atoms with Crippen LogP contribution in [0.1, 0.15) is 32.4 Å². The topological polar surface area (TPSA) is 151 Å². The normalized spacial score (nSPS) is 26.2. The summed E-state index contributed by atoms with van der Waals surface area (Å²) in [5.41, 5.74) is -0.00835. The van der Waals surface area contributed by atoms with E-state index in [1.807, 2.05) is 0 Å². The van der Waals surface area contributed by atoms with Crippen LogP contribution in [0.25, 0.3) is 5.65 Å². The number of nitrogens with one attached hydrogen (secondary N) is 1. The van der Waals surface area contributed by atoms with Crippen LogP contribution in [-0.4, -0.2) is 71.5 Å². The lowest BCUT2D eigenvalue weighted by Gasteiger charge is -2.19. The molecule has 0 saturated carbocycles.